The Bertz CT molecular complexity index is 486. The lowest BCUT2D eigenvalue weighted by Gasteiger charge is -2.31. The molecule has 1 aliphatic rings. The van der Waals surface area contributed by atoms with Gasteiger partial charge in [0.25, 0.3) is 0 Å². The molecule has 1 heterocycles. The highest BCUT2D eigenvalue weighted by Crippen LogP contribution is 2.22. The van der Waals surface area contributed by atoms with Crippen LogP contribution in [0.15, 0.2) is 30.3 Å². The number of benzene rings is 1. The number of carboxylic acid groups (broad SMARTS) is 1. The predicted molar refractivity (Wildman–Crippen MR) is 81.0 cm³/mol. The minimum atomic E-state index is -0.787. The number of rotatable bonds is 5. The highest BCUT2D eigenvalue weighted by atomic mass is 16.4. The SMILES string of the molecule is CC(CCC(=O)N1CCCC(C(=O)O)C1)c1ccccc1. The van der Waals surface area contributed by atoms with Gasteiger partial charge in [0.05, 0.1) is 5.92 Å². The van der Waals surface area contributed by atoms with Crippen molar-refractivity contribution in [2.45, 2.75) is 38.5 Å². The molecule has 1 N–H and O–H groups in total. The van der Waals surface area contributed by atoms with Crippen LogP contribution in [0.3, 0.4) is 0 Å². The second-order valence-electron chi connectivity index (χ2n) is 5.87. The molecule has 2 rings (SSSR count). The summed E-state index contributed by atoms with van der Waals surface area (Å²) in [4.78, 5) is 25.0. The third-order valence-corrected chi connectivity index (χ3v) is 4.28. The van der Waals surface area contributed by atoms with Gasteiger partial charge in [-0.15, -0.1) is 0 Å². The maximum absolute atomic E-state index is 12.2. The number of carbonyl (C=O) groups excluding carboxylic acids is 1. The number of carbonyl (C=O) groups is 2. The lowest BCUT2D eigenvalue weighted by atomic mass is 9.94. The van der Waals surface area contributed by atoms with Crippen molar-refractivity contribution in [2.75, 3.05) is 13.1 Å². The van der Waals surface area contributed by atoms with Gasteiger partial charge in [0, 0.05) is 19.5 Å². The number of likely N-dealkylation sites (tertiary alicyclic amines) is 1. The van der Waals surface area contributed by atoms with Crippen molar-refractivity contribution < 1.29 is 14.7 Å². The van der Waals surface area contributed by atoms with Gasteiger partial charge in [0.2, 0.25) is 5.91 Å². The first-order chi connectivity index (χ1) is 10.1. The summed E-state index contributed by atoms with van der Waals surface area (Å²) < 4.78 is 0. The summed E-state index contributed by atoms with van der Waals surface area (Å²) in [5.41, 5.74) is 1.24. The van der Waals surface area contributed by atoms with E-state index < -0.39 is 11.9 Å². The van der Waals surface area contributed by atoms with Crippen LogP contribution in [0.25, 0.3) is 0 Å². The molecule has 0 bridgehead atoms. The van der Waals surface area contributed by atoms with Crippen LogP contribution in [0.1, 0.15) is 44.1 Å². The topological polar surface area (TPSA) is 57.6 Å². The zero-order valence-electron chi connectivity index (χ0n) is 12.5. The Labute approximate surface area is 125 Å². The molecule has 1 aliphatic heterocycles. The molecule has 2 unspecified atom stereocenters. The molecule has 4 nitrogen and oxygen atoms in total. The summed E-state index contributed by atoms with van der Waals surface area (Å²) in [7, 11) is 0. The average molecular weight is 289 g/mol. The van der Waals surface area contributed by atoms with Gasteiger partial charge in [-0.3, -0.25) is 9.59 Å². The molecule has 1 aromatic rings. The quantitative estimate of drug-likeness (QED) is 0.906. The molecule has 114 valence electrons. The van der Waals surface area contributed by atoms with Gasteiger partial charge < -0.3 is 10.0 Å². The molecule has 1 aromatic carbocycles. The number of nitrogens with zero attached hydrogens (tertiary/aromatic N) is 1. The molecule has 2 atom stereocenters. The van der Waals surface area contributed by atoms with Crippen molar-refractivity contribution in [3.63, 3.8) is 0 Å². The Morgan fingerprint density at radius 3 is 2.71 bits per heavy atom. The number of aliphatic carboxylic acids is 1. The highest BCUT2D eigenvalue weighted by molar-refractivity contribution is 5.78. The van der Waals surface area contributed by atoms with E-state index in [2.05, 4.69) is 19.1 Å². The first-order valence-corrected chi connectivity index (χ1v) is 7.63. The van der Waals surface area contributed by atoms with Crippen LogP contribution in [-0.4, -0.2) is 35.0 Å². The molecule has 1 amide bonds. The van der Waals surface area contributed by atoms with Crippen molar-refractivity contribution in [1.29, 1.82) is 0 Å². The van der Waals surface area contributed by atoms with Crippen LogP contribution in [0.2, 0.25) is 0 Å². The summed E-state index contributed by atoms with van der Waals surface area (Å²) in [6.45, 7) is 3.19. The van der Waals surface area contributed by atoms with Crippen molar-refractivity contribution in [3.8, 4) is 0 Å². The minimum Gasteiger partial charge on any atom is -0.481 e. The fourth-order valence-electron chi connectivity index (χ4n) is 2.85. The van der Waals surface area contributed by atoms with E-state index in [9.17, 15) is 9.59 Å². The van der Waals surface area contributed by atoms with E-state index in [1.807, 2.05) is 18.2 Å². The number of carboxylic acids is 1. The molecule has 0 radical (unpaired) electrons. The first kappa shape index (κ1) is 15.5. The van der Waals surface area contributed by atoms with E-state index in [4.69, 9.17) is 5.11 Å². The monoisotopic (exact) mass is 289 g/mol. The van der Waals surface area contributed by atoms with E-state index in [1.54, 1.807) is 4.90 Å². The first-order valence-electron chi connectivity index (χ1n) is 7.63. The largest absolute Gasteiger partial charge is 0.481 e. The van der Waals surface area contributed by atoms with E-state index in [1.165, 1.54) is 5.56 Å². The van der Waals surface area contributed by atoms with Gasteiger partial charge in [-0.1, -0.05) is 37.3 Å². The van der Waals surface area contributed by atoms with Crippen LogP contribution in [0, 0.1) is 5.92 Å². The van der Waals surface area contributed by atoms with Crippen LogP contribution < -0.4 is 0 Å². The average Bonchev–Trinajstić information content (AvgIpc) is 2.53. The maximum Gasteiger partial charge on any atom is 0.308 e. The number of piperidine rings is 1. The second-order valence-corrected chi connectivity index (χ2v) is 5.87. The highest BCUT2D eigenvalue weighted by Gasteiger charge is 2.27. The van der Waals surface area contributed by atoms with Crippen LogP contribution in [0.4, 0.5) is 0 Å². The lowest BCUT2D eigenvalue weighted by molar-refractivity contribution is -0.145. The summed E-state index contributed by atoms with van der Waals surface area (Å²) >= 11 is 0. The van der Waals surface area contributed by atoms with Gasteiger partial charge in [0.15, 0.2) is 0 Å². The number of hydrogen-bond donors (Lipinski definition) is 1. The normalized spacial score (nSPS) is 20.0. The van der Waals surface area contributed by atoms with Crippen molar-refractivity contribution in [1.82, 2.24) is 4.90 Å². The third-order valence-electron chi connectivity index (χ3n) is 4.28. The Morgan fingerprint density at radius 2 is 2.05 bits per heavy atom. The Hall–Kier alpha value is -1.84. The summed E-state index contributed by atoms with van der Waals surface area (Å²) in [6, 6.07) is 10.2. The van der Waals surface area contributed by atoms with Crippen LogP contribution in [-0.2, 0) is 9.59 Å². The summed E-state index contributed by atoms with van der Waals surface area (Å²) in [6.07, 6.45) is 2.76. The zero-order valence-corrected chi connectivity index (χ0v) is 12.5. The zero-order chi connectivity index (χ0) is 15.2. The molecule has 0 aliphatic carbocycles. The third kappa shape index (κ3) is 4.31. The van der Waals surface area contributed by atoms with Crippen molar-refractivity contribution in [3.05, 3.63) is 35.9 Å². The molecule has 1 saturated heterocycles. The smallest absolute Gasteiger partial charge is 0.308 e. The molecule has 1 fully saturated rings. The van der Waals surface area contributed by atoms with Gasteiger partial charge in [-0.2, -0.15) is 0 Å². The number of hydrogen-bond acceptors (Lipinski definition) is 2. The molecule has 0 aromatic heterocycles. The van der Waals surface area contributed by atoms with Gasteiger partial charge in [-0.25, -0.2) is 0 Å². The van der Waals surface area contributed by atoms with E-state index in [-0.39, 0.29) is 5.91 Å². The van der Waals surface area contributed by atoms with E-state index >= 15 is 0 Å². The Kier molecular flexibility index (Phi) is 5.37. The maximum atomic E-state index is 12.2. The van der Waals surface area contributed by atoms with E-state index in [0.29, 0.717) is 31.8 Å². The van der Waals surface area contributed by atoms with Crippen molar-refractivity contribution >= 4 is 11.9 Å². The predicted octanol–water partition coefficient (Wildman–Crippen LogP) is 2.89. The van der Waals surface area contributed by atoms with Gasteiger partial charge in [-0.05, 0) is 30.7 Å². The van der Waals surface area contributed by atoms with Gasteiger partial charge in [0.1, 0.15) is 0 Å². The molecule has 4 heteroatoms. The summed E-state index contributed by atoms with van der Waals surface area (Å²) in [5, 5.41) is 9.07. The molecule has 0 saturated carbocycles. The molecular formula is C17H23NO3. The Balaban J connectivity index is 1.83. The van der Waals surface area contributed by atoms with Gasteiger partial charge >= 0.3 is 5.97 Å². The summed E-state index contributed by atoms with van der Waals surface area (Å²) in [5.74, 6) is -0.752. The molecule has 21 heavy (non-hydrogen) atoms. The lowest BCUT2D eigenvalue weighted by Crippen LogP contribution is -2.42. The van der Waals surface area contributed by atoms with E-state index in [0.717, 1.165) is 12.8 Å². The number of amides is 1. The van der Waals surface area contributed by atoms with Crippen molar-refractivity contribution in [2.24, 2.45) is 5.92 Å². The molecule has 0 spiro atoms. The second kappa shape index (κ2) is 7.25. The van der Waals surface area contributed by atoms with Crippen LogP contribution >= 0.6 is 0 Å². The fraction of sp³-hybridized carbons (Fsp3) is 0.529. The fourth-order valence-corrected chi connectivity index (χ4v) is 2.85. The van der Waals surface area contributed by atoms with Crippen LogP contribution in [0.5, 0.6) is 0 Å². The molecular weight excluding hydrogens is 266 g/mol. The Morgan fingerprint density at radius 1 is 1.33 bits per heavy atom. The standard InChI is InChI=1S/C17H23NO3/c1-13(14-6-3-2-4-7-14)9-10-16(19)18-11-5-8-15(12-18)17(20)21/h2-4,6-7,13,15H,5,8-12H2,1H3,(H,20,21). The minimum absolute atomic E-state index is 0.0868.